The summed E-state index contributed by atoms with van der Waals surface area (Å²) in [6.07, 6.45) is 4.27. The summed E-state index contributed by atoms with van der Waals surface area (Å²) in [5.41, 5.74) is 0. The molecule has 0 aliphatic rings. The van der Waals surface area contributed by atoms with E-state index in [0.717, 1.165) is 0 Å². The molecular weight excluding hydrogens is 293 g/mol. The highest BCUT2D eigenvalue weighted by Crippen LogP contribution is 2.50. The van der Waals surface area contributed by atoms with E-state index in [2.05, 4.69) is 70.8 Å². The van der Waals surface area contributed by atoms with Crippen LogP contribution in [0.5, 0.6) is 0 Å². The Morgan fingerprint density at radius 3 is 1.59 bits per heavy atom. The van der Waals surface area contributed by atoms with Crippen molar-refractivity contribution in [2.45, 2.75) is 86.0 Å². The number of hydrogen-bond donors (Lipinski definition) is 0. The highest BCUT2D eigenvalue weighted by Gasteiger charge is 2.33. The van der Waals surface area contributed by atoms with Gasteiger partial charge in [-0.3, -0.25) is 0 Å². The molecule has 128 valence electrons. The molecule has 22 heavy (non-hydrogen) atoms. The van der Waals surface area contributed by atoms with Crippen molar-refractivity contribution in [3.63, 3.8) is 0 Å². The molecule has 0 aromatic rings. The fourth-order valence-corrected chi connectivity index (χ4v) is 4.85. The molecule has 5 heteroatoms. The normalized spacial score (nSPS) is 13.0. The van der Waals surface area contributed by atoms with Crippen LogP contribution in [0, 0.1) is 11.3 Å². The average molecular weight is 327 g/mol. The van der Waals surface area contributed by atoms with E-state index >= 15 is 0 Å². The number of nitrogens with zero attached hydrogens (tertiary/aromatic N) is 3. The first kappa shape index (κ1) is 21.5. The predicted molar refractivity (Wildman–Crippen MR) is 96.5 cm³/mol. The lowest BCUT2D eigenvalue weighted by Crippen LogP contribution is -2.43. The van der Waals surface area contributed by atoms with E-state index in [0.29, 0.717) is 37.2 Å². The van der Waals surface area contributed by atoms with Gasteiger partial charge >= 0.3 is 0 Å². The van der Waals surface area contributed by atoms with Crippen molar-refractivity contribution in [1.29, 1.82) is 5.26 Å². The van der Waals surface area contributed by atoms with E-state index < -0.39 is 8.45 Å². The van der Waals surface area contributed by atoms with E-state index in [1.807, 2.05) is 12.2 Å². The van der Waals surface area contributed by atoms with Crippen LogP contribution in [0.15, 0.2) is 12.2 Å². The highest BCUT2D eigenvalue weighted by atomic mass is 31.2. The molecule has 0 fully saturated rings. The molecule has 0 unspecified atom stereocenters. The van der Waals surface area contributed by atoms with E-state index in [1.165, 1.54) is 0 Å². The second kappa shape index (κ2) is 11.1. The Bertz CT molecular complexity index is 325. The maximum Gasteiger partial charge on any atom is 0.189 e. The second-order valence-corrected chi connectivity index (χ2v) is 8.20. The minimum absolute atomic E-state index is 0.425. The van der Waals surface area contributed by atoms with Crippen molar-refractivity contribution in [2.24, 2.45) is 0 Å². The van der Waals surface area contributed by atoms with Crippen LogP contribution in [0.2, 0.25) is 0 Å². The monoisotopic (exact) mass is 327 g/mol. The van der Waals surface area contributed by atoms with Crippen LogP contribution in [-0.2, 0) is 4.52 Å². The zero-order valence-electron chi connectivity index (χ0n) is 15.6. The van der Waals surface area contributed by atoms with Gasteiger partial charge < -0.3 is 4.52 Å². The Kier molecular flexibility index (Phi) is 10.9. The van der Waals surface area contributed by atoms with Crippen molar-refractivity contribution in [1.82, 2.24) is 9.34 Å². The predicted octanol–water partition coefficient (Wildman–Crippen LogP) is 4.94. The molecular formula is C17H34N3OP. The molecule has 0 aliphatic carbocycles. The first-order valence-electron chi connectivity index (χ1n) is 8.25. The maximum absolute atomic E-state index is 8.59. The summed E-state index contributed by atoms with van der Waals surface area (Å²) in [7, 11) is -0.834. The fraction of sp³-hybridized carbons (Fsp3) is 0.824. The van der Waals surface area contributed by atoms with Gasteiger partial charge in [0, 0.05) is 24.2 Å². The number of rotatable bonds is 10. The molecule has 4 nitrogen and oxygen atoms in total. The quantitative estimate of drug-likeness (QED) is 0.421. The molecule has 0 aromatic carbocycles. The largest absolute Gasteiger partial charge is 0.327 e. The molecule has 0 atom stereocenters. The SMILES string of the molecule is CC(C)N(C(C)C)P(OCC=CCC#N)N(C(C)C)C(C)C. The van der Waals surface area contributed by atoms with E-state index in [1.54, 1.807) is 0 Å². The molecule has 0 aromatic heterocycles. The van der Waals surface area contributed by atoms with Crippen LogP contribution in [0.1, 0.15) is 61.8 Å². The number of hydrogen-bond acceptors (Lipinski definition) is 4. The van der Waals surface area contributed by atoms with E-state index in [-0.39, 0.29) is 0 Å². The van der Waals surface area contributed by atoms with Gasteiger partial charge in [0.2, 0.25) is 0 Å². The fourth-order valence-electron chi connectivity index (χ4n) is 2.55. The Hall–Kier alpha value is -0.460. The van der Waals surface area contributed by atoms with Crippen molar-refractivity contribution in [3.8, 4) is 6.07 Å². The molecule has 0 aliphatic heterocycles. The molecule has 0 amide bonds. The summed E-state index contributed by atoms with van der Waals surface area (Å²) in [6, 6.07) is 3.82. The topological polar surface area (TPSA) is 39.5 Å². The highest BCUT2D eigenvalue weighted by molar-refractivity contribution is 7.47. The van der Waals surface area contributed by atoms with Crippen molar-refractivity contribution in [3.05, 3.63) is 12.2 Å². The van der Waals surface area contributed by atoms with Crippen LogP contribution < -0.4 is 0 Å². The third kappa shape index (κ3) is 7.20. The van der Waals surface area contributed by atoms with Crippen molar-refractivity contribution in [2.75, 3.05) is 6.61 Å². The van der Waals surface area contributed by atoms with Gasteiger partial charge in [-0.1, -0.05) is 12.2 Å². The van der Waals surface area contributed by atoms with Gasteiger partial charge in [-0.15, -0.1) is 0 Å². The summed E-state index contributed by atoms with van der Waals surface area (Å²) in [6.45, 7) is 18.4. The second-order valence-electron chi connectivity index (χ2n) is 6.52. The third-order valence-electron chi connectivity index (χ3n) is 3.17. The lowest BCUT2D eigenvalue weighted by molar-refractivity contribution is 0.196. The van der Waals surface area contributed by atoms with Crippen LogP contribution in [-0.4, -0.2) is 40.1 Å². The summed E-state index contributed by atoms with van der Waals surface area (Å²) in [5.74, 6) is 0. The molecule has 0 rings (SSSR count). The van der Waals surface area contributed by atoms with E-state index in [9.17, 15) is 0 Å². The van der Waals surface area contributed by atoms with Gasteiger partial charge in [0.05, 0.1) is 19.1 Å². The molecule has 0 bridgehead atoms. The standard InChI is InChI=1S/C17H34N3OP/c1-14(2)19(15(3)4)22(20(16(5)6)17(7)8)21-13-11-9-10-12-18/h9,11,14-17H,10,13H2,1-8H3. The Morgan fingerprint density at radius 1 is 0.864 bits per heavy atom. The Morgan fingerprint density at radius 2 is 1.27 bits per heavy atom. The zero-order valence-corrected chi connectivity index (χ0v) is 16.5. The average Bonchev–Trinajstić information content (AvgIpc) is 2.36. The third-order valence-corrected chi connectivity index (χ3v) is 6.19. The summed E-state index contributed by atoms with van der Waals surface area (Å²) >= 11 is 0. The number of nitriles is 1. The lowest BCUT2D eigenvalue weighted by atomic mass is 10.3. The van der Waals surface area contributed by atoms with Crippen LogP contribution in [0.4, 0.5) is 0 Å². The lowest BCUT2D eigenvalue weighted by Gasteiger charge is -2.45. The molecule has 0 N–H and O–H groups in total. The van der Waals surface area contributed by atoms with Crippen molar-refractivity contribution < 1.29 is 4.52 Å². The Balaban J connectivity index is 5.23. The van der Waals surface area contributed by atoms with Crippen LogP contribution in [0.3, 0.4) is 0 Å². The minimum Gasteiger partial charge on any atom is -0.327 e. The first-order chi connectivity index (χ1) is 10.2. The van der Waals surface area contributed by atoms with Crippen LogP contribution >= 0.6 is 8.45 Å². The zero-order chi connectivity index (χ0) is 17.3. The molecule has 0 radical (unpaired) electrons. The van der Waals surface area contributed by atoms with Crippen molar-refractivity contribution >= 4 is 8.45 Å². The van der Waals surface area contributed by atoms with Gasteiger partial charge in [0.25, 0.3) is 0 Å². The van der Waals surface area contributed by atoms with Gasteiger partial charge in [-0.25, -0.2) is 9.34 Å². The van der Waals surface area contributed by atoms with Crippen LogP contribution in [0.25, 0.3) is 0 Å². The van der Waals surface area contributed by atoms with E-state index in [4.69, 9.17) is 9.79 Å². The molecule has 0 heterocycles. The van der Waals surface area contributed by atoms with Gasteiger partial charge in [-0.05, 0) is 55.4 Å². The van der Waals surface area contributed by atoms with Gasteiger partial charge in [-0.2, -0.15) is 5.26 Å². The summed E-state index contributed by atoms with van der Waals surface area (Å²) in [4.78, 5) is 0. The summed E-state index contributed by atoms with van der Waals surface area (Å²) < 4.78 is 11.2. The molecule has 0 saturated heterocycles. The molecule has 0 saturated carbocycles. The number of allylic oxidation sites excluding steroid dienone is 1. The Labute approximate surface area is 139 Å². The maximum atomic E-state index is 8.59. The smallest absolute Gasteiger partial charge is 0.189 e. The summed E-state index contributed by atoms with van der Waals surface area (Å²) in [5, 5.41) is 8.59. The molecule has 0 spiro atoms. The van der Waals surface area contributed by atoms with Gasteiger partial charge in [0.15, 0.2) is 8.45 Å². The van der Waals surface area contributed by atoms with Gasteiger partial charge in [0.1, 0.15) is 0 Å². The first-order valence-corrected chi connectivity index (χ1v) is 9.41. The minimum atomic E-state index is -0.834.